The Morgan fingerprint density at radius 2 is 2.17 bits per heavy atom. The molecule has 0 spiro atoms. The molecule has 0 unspecified atom stereocenters. The minimum atomic E-state index is -0.397. The third kappa shape index (κ3) is 3.41. The van der Waals surface area contributed by atoms with Crippen LogP contribution in [0.4, 0.5) is 11.4 Å². The van der Waals surface area contributed by atoms with Crippen LogP contribution < -0.4 is 4.90 Å². The molecule has 1 rings (SSSR count). The summed E-state index contributed by atoms with van der Waals surface area (Å²) in [5, 5.41) is 19.9. The van der Waals surface area contributed by atoms with Crippen molar-refractivity contribution in [1.29, 1.82) is 0 Å². The van der Waals surface area contributed by atoms with E-state index >= 15 is 0 Å². The molecule has 1 N–H and O–H groups in total. The highest BCUT2D eigenvalue weighted by molar-refractivity contribution is 5.61. The molecule has 0 saturated heterocycles. The maximum Gasteiger partial charge on any atom is 0.274 e. The van der Waals surface area contributed by atoms with E-state index in [9.17, 15) is 10.1 Å². The second-order valence-corrected chi connectivity index (χ2v) is 3.88. The number of ether oxygens (including phenoxy) is 1. The molecule has 6 nitrogen and oxygen atoms in total. The lowest BCUT2D eigenvalue weighted by Gasteiger charge is -2.25. The molecule has 0 aliphatic heterocycles. The van der Waals surface area contributed by atoms with Gasteiger partial charge in [-0.1, -0.05) is 6.07 Å². The first kappa shape index (κ1) is 14.4. The Bertz CT molecular complexity index is 409. The van der Waals surface area contributed by atoms with Crippen molar-refractivity contribution in [1.82, 2.24) is 0 Å². The van der Waals surface area contributed by atoms with E-state index in [1.807, 2.05) is 11.0 Å². The summed E-state index contributed by atoms with van der Waals surface area (Å²) in [6.07, 6.45) is 0. The zero-order valence-corrected chi connectivity index (χ0v) is 10.6. The van der Waals surface area contributed by atoms with E-state index in [2.05, 4.69) is 0 Å². The highest BCUT2D eigenvalue weighted by Gasteiger charge is 2.17. The third-order valence-corrected chi connectivity index (χ3v) is 2.75. The standard InChI is InChI=1S/C12H18N2O4/c1-10-11(4-3-5-12(10)14(16)17)13(6-8-15)7-9-18-2/h3-5,15H,6-9H2,1-2H3. The van der Waals surface area contributed by atoms with Crippen LogP contribution in [0.2, 0.25) is 0 Å². The SMILES string of the molecule is COCCN(CCO)c1cccc([N+](=O)[O-])c1C. The minimum Gasteiger partial charge on any atom is -0.395 e. The molecule has 0 heterocycles. The van der Waals surface area contributed by atoms with Gasteiger partial charge >= 0.3 is 0 Å². The Hall–Kier alpha value is -1.66. The number of nitro groups is 1. The molecule has 0 aromatic heterocycles. The van der Waals surface area contributed by atoms with Crippen LogP contribution in [0.3, 0.4) is 0 Å². The summed E-state index contributed by atoms with van der Waals surface area (Å²) >= 11 is 0. The van der Waals surface area contributed by atoms with E-state index < -0.39 is 4.92 Å². The highest BCUT2D eigenvalue weighted by Crippen LogP contribution is 2.27. The fraction of sp³-hybridized carbons (Fsp3) is 0.500. The molecule has 1 aromatic carbocycles. The monoisotopic (exact) mass is 254 g/mol. The average molecular weight is 254 g/mol. The number of hydrogen-bond donors (Lipinski definition) is 1. The zero-order chi connectivity index (χ0) is 13.5. The van der Waals surface area contributed by atoms with Crippen LogP contribution in [0.5, 0.6) is 0 Å². The molecule has 0 atom stereocenters. The third-order valence-electron chi connectivity index (χ3n) is 2.75. The van der Waals surface area contributed by atoms with Crippen LogP contribution >= 0.6 is 0 Å². The van der Waals surface area contributed by atoms with Crippen molar-refractivity contribution in [2.75, 3.05) is 38.3 Å². The van der Waals surface area contributed by atoms with Crippen LogP contribution in [-0.4, -0.2) is 43.4 Å². The Morgan fingerprint density at radius 1 is 1.44 bits per heavy atom. The van der Waals surface area contributed by atoms with Gasteiger partial charge in [0.25, 0.3) is 5.69 Å². The quantitative estimate of drug-likeness (QED) is 0.587. The smallest absolute Gasteiger partial charge is 0.274 e. The van der Waals surface area contributed by atoms with E-state index in [1.165, 1.54) is 6.07 Å². The van der Waals surface area contributed by atoms with Gasteiger partial charge < -0.3 is 14.7 Å². The molecule has 100 valence electrons. The van der Waals surface area contributed by atoms with Crippen molar-refractivity contribution < 1.29 is 14.8 Å². The first-order valence-electron chi connectivity index (χ1n) is 5.70. The summed E-state index contributed by atoms with van der Waals surface area (Å²) < 4.78 is 5.00. The Morgan fingerprint density at radius 3 is 2.72 bits per heavy atom. The predicted octanol–water partition coefficient (Wildman–Crippen LogP) is 1.35. The van der Waals surface area contributed by atoms with Gasteiger partial charge in [-0.15, -0.1) is 0 Å². The lowest BCUT2D eigenvalue weighted by molar-refractivity contribution is -0.385. The van der Waals surface area contributed by atoms with Gasteiger partial charge in [0.15, 0.2) is 0 Å². The number of aliphatic hydroxyl groups is 1. The number of nitro benzene ring substituents is 1. The van der Waals surface area contributed by atoms with Crippen LogP contribution in [-0.2, 0) is 4.74 Å². The summed E-state index contributed by atoms with van der Waals surface area (Å²) in [6, 6.07) is 4.94. The topological polar surface area (TPSA) is 75.8 Å². The molecular formula is C12H18N2O4. The van der Waals surface area contributed by atoms with Crippen LogP contribution in [0.15, 0.2) is 18.2 Å². The van der Waals surface area contributed by atoms with E-state index in [0.717, 1.165) is 5.69 Å². The fourth-order valence-corrected chi connectivity index (χ4v) is 1.83. The van der Waals surface area contributed by atoms with E-state index in [4.69, 9.17) is 9.84 Å². The van der Waals surface area contributed by atoms with Gasteiger partial charge in [0.2, 0.25) is 0 Å². The molecule has 0 saturated carbocycles. The Kier molecular flexibility index (Phi) is 5.54. The second kappa shape index (κ2) is 6.93. The maximum atomic E-state index is 10.9. The second-order valence-electron chi connectivity index (χ2n) is 3.88. The summed E-state index contributed by atoms with van der Waals surface area (Å²) in [5.74, 6) is 0. The maximum absolute atomic E-state index is 10.9. The number of hydrogen-bond acceptors (Lipinski definition) is 5. The summed E-state index contributed by atoms with van der Waals surface area (Å²) in [5.41, 5.74) is 1.45. The number of benzene rings is 1. The van der Waals surface area contributed by atoms with E-state index in [0.29, 0.717) is 25.3 Å². The summed E-state index contributed by atoms with van der Waals surface area (Å²) in [6.45, 7) is 3.21. The largest absolute Gasteiger partial charge is 0.395 e. The van der Waals surface area contributed by atoms with Gasteiger partial charge in [0.05, 0.1) is 23.7 Å². The Balaban J connectivity index is 3.03. The molecular weight excluding hydrogens is 236 g/mol. The number of nitrogens with zero attached hydrogens (tertiary/aromatic N) is 2. The highest BCUT2D eigenvalue weighted by atomic mass is 16.6. The van der Waals surface area contributed by atoms with Crippen LogP contribution in [0.1, 0.15) is 5.56 Å². The number of anilines is 1. The normalized spacial score (nSPS) is 10.4. The van der Waals surface area contributed by atoms with Gasteiger partial charge in [0.1, 0.15) is 0 Å². The lowest BCUT2D eigenvalue weighted by atomic mass is 10.1. The van der Waals surface area contributed by atoms with Crippen molar-refractivity contribution in [3.05, 3.63) is 33.9 Å². The van der Waals surface area contributed by atoms with Gasteiger partial charge in [-0.05, 0) is 13.0 Å². The van der Waals surface area contributed by atoms with Crippen molar-refractivity contribution >= 4 is 11.4 Å². The zero-order valence-electron chi connectivity index (χ0n) is 10.6. The van der Waals surface area contributed by atoms with Gasteiger partial charge in [-0.25, -0.2) is 0 Å². The first-order chi connectivity index (χ1) is 8.61. The molecule has 18 heavy (non-hydrogen) atoms. The van der Waals surface area contributed by atoms with E-state index in [1.54, 1.807) is 20.1 Å². The van der Waals surface area contributed by atoms with Gasteiger partial charge in [0, 0.05) is 32.0 Å². The van der Waals surface area contributed by atoms with Crippen molar-refractivity contribution in [2.45, 2.75) is 6.92 Å². The number of methoxy groups -OCH3 is 1. The summed E-state index contributed by atoms with van der Waals surface area (Å²) in [7, 11) is 1.59. The molecule has 0 amide bonds. The number of rotatable bonds is 7. The average Bonchev–Trinajstić information content (AvgIpc) is 2.34. The molecule has 6 heteroatoms. The van der Waals surface area contributed by atoms with Gasteiger partial charge in [-0.2, -0.15) is 0 Å². The molecule has 0 aliphatic rings. The molecule has 0 bridgehead atoms. The molecule has 1 aromatic rings. The fourth-order valence-electron chi connectivity index (χ4n) is 1.83. The van der Waals surface area contributed by atoms with Gasteiger partial charge in [-0.3, -0.25) is 10.1 Å². The number of aliphatic hydroxyl groups excluding tert-OH is 1. The van der Waals surface area contributed by atoms with E-state index in [-0.39, 0.29) is 12.3 Å². The summed E-state index contributed by atoms with van der Waals surface area (Å²) in [4.78, 5) is 12.4. The molecule has 0 radical (unpaired) electrons. The van der Waals surface area contributed by atoms with Crippen molar-refractivity contribution in [3.8, 4) is 0 Å². The van der Waals surface area contributed by atoms with Crippen molar-refractivity contribution in [3.63, 3.8) is 0 Å². The minimum absolute atomic E-state index is 0.00809. The lowest BCUT2D eigenvalue weighted by Crippen LogP contribution is -2.30. The first-order valence-corrected chi connectivity index (χ1v) is 5.70. The van der Waals surface area contributed by atoms with Crippen LogP contribution in [0.25, 0.3) is 0 Å². The predicted molar refractivity (Wildman–Crippen MR) is 69.0 cm³/mol. The van der Waals surface area contributed by atoms with Crippen LogP contribution in [0, 0.1) is 17.0 Å². The Labute approximate surface area is 106 Å². The molecule has 0 aliphatic carbocycles. The molecule has 0 fully saturated rings. The van der Waals surface area contributed by atoms with Crippen molar-refractivity contribution in [2.24, 2.45) is 0 Å².